The molecule has 2 aromatic rings. The van der Waals surface area contributed by atoms with E-state index in [1.54, 1.807) is 18.2 Å². The number of anilines is 1. The standard InChI is InChI=1S/C15H15Cl2N3O2S/c1-2-3-11-7-13(21)20-15(19-11)23-8-14(22)18-12-5-9(16)4-10(17)6-12/h4-7H,2-3,8H2,1H3,(H,18,22)(H,19,20,21). The first-order chi connectivity index (χ1) is 11.0. The molecule has 5 nitrogen and oxygen atoms in total. The molecule has 1 aromatic carbocycles. The molecule has 2 rings (SSSR count). The highest BCUT2D eigenvalue weighted by Crippen LogP contribution is 2.22. The van der Waals surface area contributed by atoms with Crippen LogP contribution in [0.2, 0.25) is 10.0 Å². The summed E-state index contributed by atoms with van der Waals surface area (Å²) < 4.78 is 0. The largest absolute Gasteiger partial charge is 0.325 e. The fraction of sp³-hybridized carbons (Fsp3) is 0.267. The number of nitrogens with zero attached hydrogens (tertiary/aromatic N) is 1. The highest BCUT2D eigenvalue weighted by molar-refractivity contribution is 7.99. The Bertz CT molecular complexity index is 744. The maximum absolute atomic E-state index is 12.0. The molecule has 1 heterocycles. The summed E-state index contributed by atoms with van der Waals surface area (Å²) in [6, 6.07) is 6.28. The molecule has 0 saturated carbocycles. The highest BCUT2D eigenvalue weighted by Gasteiger charge is 2.08. The first-order valence-corrected chi connectivity index (χ1v) is 8.69. The number of aromatic amines is 1. The Hall–Kier alpha value is -1.50. The minimum absolute atomic E-state index is 0.114. The molecule has 0 unspecified atom stereocenters. The van der Waals surface area contributed by atoms with Crippen molar-refractivity contribution in [2.24, 2.45) is 0 Å². The van der Waals surface area contributed by atoms with Crippen LogP contribution >= 0.6 is 35.0 Å². The molecule has 0 aliphatic carbocycles. The van der Waals surface area contributed by atoms with Gasteiger partial charge >= 0.3 is 0 Å². The topological polar surface area (TPSA) is 74.8 Å². The molecule has 0 fully saturated rings. The Morgan fingerprint density at radius 3 is 2.61 bits per heavy atom. The molecule has 23 heavy (non-hydrogen) atoms. The first-order valence-electron chi connectivity index (χ1n) is 6.95. The second-order valence-electron chi connectivity index (χ2n) is 4.79. The van der Waals surface area contributed by atoms with Crippen molar-refractivity contribution in [3.05, 3.63) is 50.4 Å². The Labute approximate surface area is 147 Å². The lowest BCUT2D eigenvalue weighted by Gasteiger charge is -2.06. The Morgan fingerprint density at radius 2 is 1.96 bits per heavy atom. The lowest BCUT2D eigenvalue weighted by Crippen LogP contribution is -2.16. The van der Waals surface area contributed by atoms with Gasteiger partial charge in [-0.2, -0.15) is 0 Å². The Balaban J connectivity index is 1.97. The van der Waals surface area contributed by atoms with Crippen LogP contribution in [0.3, 0.4) is 0 Å². The zero-order valence-corrected chi connectivity index (χ0v) is 14.7. The van der Waals surface area contributed by atoms with E-state index in [1.165, 1.54) is 17.8 Å². The highest BCUT2D eigenvalue weighted by atomic mass is 35.5. The zero-order chi connectivity index (χ0) is 16.8. The predicted molar refractivity (Wildman–Crippen MR) is 94.7 cm³/mol. The smallest absolute Gasteiger partial charge is 0.251 e. The average molecular weight is 372 g/mol. The summed E-state index contributed by atoms with van der Waals surface area (Å²) in [6.07, 6.45) is 1.63. The van der Waals surface area contributed by atoms with Gasteiger partial charge in [-0.15, -0.1) is 0 Å². The molecule has 0 saturated heterocycles. The number of carbonyl (C=O) groups is 1. The van der Waals surface area contributed by atoms with Crippen molar-refractivity contribution < 1.29 is 4.79 Å². The number of nitrogens with one attached hydrogen (secondary N) is 2. The van der Waals surface area contributed by atoms with Crippen LogP contribution in [0.1, 0.15) is 19.0 Å². The van der Waals surface area contributed by atoms with E-state index in [-0.39, 0.29) is 17.2 Å². The summed E-state index contributed by atoms with van der Waals surface area (Å²) in [7, 11) is 0. The molecule has 0 radical (unpaired) electrons. The maximum atomic E-state index is 12.0. The number of H-pyrrole nitrogens is 1. The van der Waals surface area contributed by atoms with Gasteiger partial charge in [-0.1, -0.05) is 48.3 Å². The molecule has 122 valence electrons. The number of carbonyl (C=O) groups excluding carboxylic acids is 1. The van der Waals surface area contributed by atoms with E-state index in [0.29, 0.717) is 20.9 Å². The Morgan fingerprint density at radius 1 is 1.26 bits per heavy atom. The van der Waals surface area contributed by atoms with E-state index >= 15 is 0 Å². The van der Waals surface area contributed by atoms with Crippen molar-refractivity contribution in [3.8, 4) is 0 Å². The van der Waals surface area contributed by atoms with E-state index in [4.69, 9.17) is 23.2 Å². The van der Waals surface area contributed by atoms with Gasteiger partial charge < -0.3 is 10.3 Å². The predicted octanol–water partition coefficient (Wildman–Crippen LogP) is 3.76. The second kappa shape index (κ2) is 8.38. The minimum atomic E-state index is -0.239. The van der Waals surface area contributed by atoms with Gasteiger partial charge in [-0.25, -0.2) is 4.98 Å². The summed E-state index contributed by atoms with van der Waals surface area (Å²) in [5.74, 6) is -0.125. The van der Waals surface area contributed by atoms with Gasteiger partial charge in [-0.3, -0.25) is 9.59 Å². The third-order valence-electron chi connectivity index (χ3n) is 2.77. The van der Waals surface area contributed by atoms with Gasteiger partial charge in [0, 0.05) is 27.5 Å². The van der Waals surface area contributed by atoms with Gasteiger partial charge in [0.2, 0.25) is 5.91 Å². The van der Waals surface area contributed by atoms with Crippen LogP contribution in [0.5, 0.6) is 0 Å². The molecular weight excluding hydrogens is 357 g/mol. The molecular formula is C15H15Cl2N3O2S. The summed E-state index contributed by atoms with van der Waals surface area (Å²) >= 11 is 12.9. The lowest BCUT2D eigenvalue weighted by atomic mass is 10.2. The third-order valence-corrected chi connectivity index (χ3v) is 4.08. The number of thioether (sulfide) groups is 1. The Kier molecular flexibility index (Phi) is 6.50. The average Bonchev–Trinajstić information content (AvgIpc) is 2.44. The van der Waals surface area contributed by atoms with Crippen LogP contribution < -0.4 is 10.9 Å². The zero-order valence-electron chi connectivity index (χ0n) is 12.4. The number of aromatic nitrogens is 2. The van der Waals surface area contributed by atoms with Crippen LogP contribution in [-0.2, 0) is 11.2 Å². The quantitative estimate of drug-likeness (QED) is 0.598. The van der Waals surface area contributed by atoms with Crippen molar-refractivity contribution in [1.29, 1.82) is 0 Å². The normalized spacial score (nSPS) is 10.6. The van der Waals surface area contributed by atoms with Crippen LogP contribution in [0, 0.1) is 0 Å². The summed E-state index contributed by atoms with van der Waals surface area (Å²) in [4.78, 5) is 30.5. The molecule has 0 spiro atoms. The number of rotatable bonds is 6. The van der Waals surface area contributed by atoms with Crippen LogP contribution in [0.15, 0.2) is 34.2 Å². The van der Waals surface area contributed by atoms with Crippen molar-refractivity contribution in [3.63, 3.8) is 0 Å². The SMILES string of the molecule is CCCc1cc(=O)[nH]c(SCC(=O)Nc2cc(Cl)cc(Cl)c2)n1. The number of hydrogen-bond acceptors (Lipinski definition) is 4. The fourth-order valence-corrected chi connectivity index (χ4v) is 3.11. The van der Waals surface area contributed by atoms with Gasteiger partial charge in [0.25, 0.3) is 5.56 Å². The van der Waals surface area contributed by atoms with E-state index < -0.39 is 0 Å². The number of halogens is 2. The molecule has 1 aromatic heterocycles. The monoisotopic (exact) mass is 371 g/mol. The third kappa shape index (κ3) is 5.89. The summed E-state index contributed by atoms with van der Waals surface area (Å²) in [5.41, 5.74) is 1.03. The fourth-order valence-electron chi connectivity index (χ4n) is 1.89. The maximum Gasteiger partial charge on any atom is 0.251 e. The molecule has 8 heteroatoms. The van der Waals surface area contributed by atoms with E-state index in [1.807, 2.05) is 6.92 Å². The van der Waals surface area contributed by atoms with Crippen molar-refractivity contribution in [2.75, 3.05) is 11.1 Å². The summed E-state index contributed by atoms with van der Waals surface area (Å²) in [5, 5.41) is 4.02. The van der Waals surface area contributed by atoms with E-state index in [2.05, 4.69) is 15.3 Å². The summed E-state index contributed by atoms with van der Waals surface area (Å²) in [6.45, 7) is 2.01. The number of amides is 1. The molecule has 0 aliphatic rings. The molecule has 0 aliphatic heterocycles. The van der Waals surface area contributed by atoms with Gasteiger partial charge in [0.15, 0.2) is 5.16 Å². The number of hydrogen-bond donors (Lipinski definition) is 2. The minimum Gasteiger partial charge on any atom is -0.325 e. The van der Waals surface area contributed by atoms with E-state index in [9.17, 15) is 9.59 Å². The number of benzene rings is 1. The second-order valence-corrected chi connectivity index (χ2v) is 6.62. The number of aryl methyl sites for hydroxylation is 1. The van der Waals surface area contributed by atoms with Crippen molar-refractivity contribution >= 4 is 46.6 Å². The van der Waals surface area contributed by atoms with Crippen molar-refractivity contribution in [2.45, 2.75) is 24.9 Å². The first kappa shape index (κ1) is 17.8. The van der Waals surface area contributed by atoms with Crippen molar-refractivity contribution in [1.82, 2.24) is 9.97 Å². The van der Waals surface area contributed by atoms with Crippen LogP contribution in [-0.4, -0.2) is 21.6 Å². The van der Waals surface area contributed by atoms with Crippen LogP contribution in [0.4, 0.5) is 5.69 Å². The molecule has 0 bridgehead atoms. The lowest BCUT2D eigenvalue weighted by molar-refractivity contribution is -0.113. The van der Waals surface area contributed by atoms with E-state index in [0.717, 1.165) is 18.5 Å². The van der Waals surface area contributed by atoms with Gasteiger partial charge in [0.05, 0.1) is 5.75 Å². The molecule has 2 N–H and O–H groups in total. The molecule has 0 atom stereocenters. The molecule has 1 amide bonds. The van der Waals surface area contributed by atoms with Gasteiger partial charge in [0.1, 0.15) is 0 Å². The van der Waals surface area contributed by atoms with Gasteiger partial charge in [-0.05, 0) is 24.6 Å². The van der Waals surface area contributed by atoms with Crippen LogP contribution in [0.25, 0.3) is 0 Å².